The Kier molecular flexibility index (Phi) is 2.59. The molecule has 22 heavy (non-hydrogen) atoms. The van der Waals surface area contributed by atoms with Crippen LogP contribution in [0.25, 0.3) is 0 Å². The Morgan fingerprint density at radius 1 is 1.14 bits per heavy atom. The van der Waals surface area contributed by atoms with Crippen molar-refractivity contribution in [3.8, 4) is 0 Å². The Morgan fingerprint density at radius 3 is 2.77 bits per heavy atom. The van der Waals surface area contributed by atoms with Gasteiger partial charge in [0.25, 0.3) is 5.91 Å². The van der Waals surface area contributed by atoms with Crippen molar-refractivity contribution in [1.82, 2.24) is 0 Å². The van der Waals surface area contributed by atoms with Gasteiger partial charge in [0, 0.05) is 33.7 Å². The summed E-state index contributed by atoms with van der Waals surface area (Å²) in [6, 6.07) is 13.6. The van der Waals surface area contributed by atoms with E-state index in [0.29, 0.717) is 12.0 Å². The van der Waals surface area contributed by atoms with E-state index in [0.717, 1.165) is 28.7 Å². The summed E-state index contributed by atoms with van der Waals surface area (Å²) < 4.78 is 6.90. The van der Waals surface area contributed by atoms with E-state index in [4.69, 9.17) is 4.74 Å². The monoisotopic (exact) mass is 355 g/mol. The first-order valence-corrected chi connectivity index (χ1v) is 8.38. The van der Waals surface area contributed by atoms with E-state index in [9.17, 15) is 4.79 Å². The normalized spacial score (nSPS) is 27.3. The van der Waals surface area contributed by atoms with E-state index >= 15 is 0 Å². The van der Waals surface area contributed by atoms with Crippen molar-refractivity contribution in [2.75, 3.05) is 11.4 Å². The lowest BCUT2D eigenvalue weighted by Gasteiger charge is -2.18. The predicted octanol–water partition coefficient (Wildman–Crippen LogP) is 4.04. The number of amides is 1. The van der Waals surface area contributed by atoms with Gasteiger partial charge in [0.05, 0.1) is 6.10 Å². The van der Waals surface area contributed by atoms with Gasteiger partial charge in [-0.05, 0) is 36.2 Å². The van der Waals surface area contributed by atoms with Crippen LogP contribution >= 0.6 is 15.9 Å². The van der Waals surface area contributed by atoms with Gasteiger partial charge in [0.1, 0.15) is 6.10 Å². The van der Waals surface area contributed by atoms with Crippen molar-refractivity contribution in [3.05, 3.63) is 63.6 Å². The standard InChI is InChI=1S/C18H14BrNO2/c19-12-6-7-13-15-11(8-14-17(22-14)16(12)15)9-20(13)18(21)10-4-2-1-3-5-10/h1-7,11,14,17H,8-9H2/t11-,14-,17-/m0/s1. The van der Waals surface area contributed by atoms with Crippen LogP contribution in [0.4, 0.5) is 5.69 Å². The molecular formula is C18H14BrNO2. The van der Waals surface area contributed by atoms with Crippen LogP contribution in [0.3, 0.4) is 0 Å². The number of benzene rings is 2. The van der Waals surface area contributed by atoms with Gasteiger partial charge in [0.15, 0.2) is 0 Å². The number of nitrogens with zero attached hydrogens (tertiary/aromatic N) is 1. The van der Waals surface area contributed by atoms with Crippen molar-refractivity contribution in [2.45, 2.75) is 24.5 Å². The van der Waals surface area contributed by atoms with Crippen LogP contribution < -0.4 is 4.90 Å². The lowest BCUT2D eigenvalue weighted by Crippen LogP contribution is -2.30. The van der Waals surface area contributed by atoms with E-state index in [1.807, 2.05) is 41.3 Å². The van der Waals surface area contributed by atoms with Crippen molar-refractivity contribution < 1.29 is 9.53 Å². The number of anilines is 1. The number of fused-ring (bicyclic) bond motifs is 2. The number of epoxide rings is 1. The Morgan fingerprint density at radius 2 is 1.95 bits per heavy atom. The highest BCUT2D eigenvalue weighted by molar-refractivity contribution is 9.10. The Hall–Kier alpha value is -1.65. The van der Waals surface area contributed by atoms with E-state index in [2.05, 4.69) is 22.0 Å². The first-order chi connectivity index (χ1) is 10.7. The SMILES string of the molecule is O=C(c1ccccc1)N1C[C@@H]2C[C@@H]3O[C@@H]3c3c(Br)ccc1c32. The van der Waals surface area contributed by atoms with Gasteiger partial charge >= 0.3 is 0 Å². The Bertz CT molecular complexity index is 789. The molecule has 0 N–H and O–H groups in total. The molecule has 0 unspecified atom stereocenters. The molecule has 1 aliphatic carbocycles. The average molecular weight is 356 g/mol. The maximum absolute atomic E-state index is 12.9. The first kappa shape index (κ1) is 12.9. The number of hydrogen-bond donors (Lipinski definition) is 0. The molecule has 1 fully saturated rings. The van der Waals surface area contributed by atoms with E-state index in [1.165, 1.54) is 11.1 Å². The van der Waals surface area contributed by atoms with Gasteiger partial charge in [-0.15, -0.1) is 0 Å². The van der Waals surface area contributed by atoms with Crippen LogP contribution in [0.2, 0.25) is 0 Å². The second-order valence-corrected chi connectivity index (χ2v) is 7.06. The molecule has 4 heteroatoms. The second-order valence-electron chi connectivity index (χ2n) is 6.20. The van der Waals surface area contributed by atoms with Crippen LogP contribution in [-0.4, -0.2) is 18.6 Å². The minimum Gasteiger partial charge on any atom is -0.364 e. The lowest BCUT2D eigenvalue weighted by atomic mass is 9.84. The molecule has 2 aliphatic heterocycles. The highest BCUT2D eigenvalue weighted by Crippen LogP contribution is 2.58. The predicted molar refractivity (Wildman–Crippen MR) is 87.2 cm³/mol. The fourth-order valence-electron chi connectivity index (χ4n) is 3.94. The molecule has 0 aromatic heterocycles. The third-order valence-corrected chi connectivity index (χ3v) is 5.65. The van der Waals surface area contributed by atoms with Gasteiger partial charge in [-0.25, -0.2) is 0 Å². The minimum atomic E-state index is 0.0918. The number of rotatable bonds is 1. The summed E-state index contributed by atoms with van der Waals surface area (Å²) in [7, 11) is 0. The van der Waals surface area contributed by atoms with Crippen LogP contribution in [-0.2, 0) is 4.74 Å². The highest BCUT2D eigenvalue weighted by atomic mass is 79.9. The molecular weight excluding hydrogens is 342 g/mol. The van der Waals surface area contributed by atoms with Gasteiger partial charge < -0.3 is 9.64 Å². The summed E-state index contributed by atoms with van der Waals surface area (Å²) in [5.74, 6) is 0.494. The van der Waals surface area contributed by atoms with Crippen LogP contribution in [0.1, 0.15) is 39.9 Å². The molecule has 110 valence electrons. The van der Waals surface area contributed by atoms with E-state index in [1.54, 1.807) is 0 Å². The molecule has 3 atom stereocenters. The maximum Gasteiger partial charge on any atom is 0.258 e. The molecule has 0 saturated carbocycles. The summed E-state index contributed by atoms with van der Waals surface area (Å²) in [6.45, 7) is 0.763. The van der Waals surface area contributed by atoms with Gasteiger partial charge in [-0.3, -0.25) is 4.79 Å². The number of carbonyl (C=O) groups is 1. The molecule has 2 aromatic rings. The number of carbonyl (C=O) groups excluding carboxylic acids is 1. The molecule has 0 spiro atoms. The van der Waals surface area contributed by atoms with Crippen LogP contribution in [0, 0.1) is 0 Å². The van der Waals surface area contributed by atoms with Gasteiger partial charge in [0.2, 0.25) is 0 Å². The van der Waals surface area contributed by atoms with Crippen LogP contribution in [0.15, 0.2) is 46.9 Å². The number of ether oxygens (including phenoxy) is 1. The molecule has 2 heterocycles. The van der Waals surface area contributed by atoms with Crippen molar-refractivity contribution >= 4 is 27.5 Å². The van der Waals surface area contributed by atoms with Crippen molar-refractivity contribution in [1.29, 1.82) is 0 Å². The summed E-state index contributed by atoms with van der Waals surface area (Å²) in [5.41, 5.74) is 4.39. The minimum absolute atomic E-state index is 0.0918. The molecule has 5 rings (SSSR count). The molecule has 3 aliphatic rings. The zero-order valence-electron chi connectivity index (χ0n) is 11.8. The first-order valence-electron chi connectivity index (χ1n) is 7.58. The molecule has 3 nitrogen and oxygen atoms in total. The maximum atomic E-state index is 12.9. The summed E-state index contributed by atoms with van der Waals surface area (Å²) in [6.07, 6.45) is 1.60. The number of hydrogen-bond acceptors (Lipinski definition) is 2. The van der Waals surface area contributed by atoms with Crippen molar-refractivity contribution in [3.63, 3.8) is 0 Å². The highest BCUT2D eigenvalue weighted by Gasteiger charge is 2.52. The van der Waals surface area contributed by atoms with Gasteiger partial charge in [-0.1, -0.05) is 34.1 Å². The van der Waals surface area contributed by atoms with Crippen molar-refractivity contribution in [2.24, 2.45) is 0 Å². The Balaban J connectivity index is 1.62. The van der Waals surface area contributed by atoms with Gasteiger partial charge in [-0.2, -0.15) is 0 Å². The number of halogens is 1. The molecule has 1 saturated heterocycles. The molecule has 2 aromatic carbocycles. The largest absolute Gasteiger partial charge is 0.364 e. The molecule has 1 amide bonds. The zero-order chi connectivity index (χ0) is 14.8. The van der Waals surface area contributed by atoms with Crippen LogP contribution in [0.5, 0.6) is 0 Å². The second kappa shape index (κ2) is 4.43. The van der Waals surface area contributed by atoms with E-state index in [-0.39, 0.29) is 12.0 Å². The third kappa shape index (κ3) is 1.68. The average Bonchev–Trinajstić information content (AvgIpc) is 3.23. The molecule has 0 bridgehead atoms. The third-order valence-electron chi connectivity index (χ3n) is 4.96. The topological polar surface area (TPSA) is 32.8 Å². The lowest BCUT2D eigenvalue weighted by molar-refractivity contribution is 0.0987. The fraction of sp³-hybridized carbons (Fsp3) is 0.278. The Labute approximate surface area is 137 Å². The smallest absolute Gasteiger partial charge is 0.258 e. The summed E-state index contributed by atoms with van der Waals surface area (Å²) >= 11 is 3.66. The summed E-state index contributed by atoms with van der Waals surface area (Å²) in [4.78, 5) is 14.8. The zero-order valence-corrected chi connectivity index (χ0v) is 13.4. The van der Waals surface area contributed by atoms with E-state index < -0.39 is 0 Å². The quantitative estimate of drug-likeness (QED) is 0.723. The molecule has 0 radical (unpaired) electrons. The fourth-order valence-corrected chi connectivity index (χ4v) is 4.51. The summed E-state index contributed by atoms with van der Waals surface area (Å²) in [5, 5.41) is 0.